The maximum atomic E-state index is 12.3. The summed E-state index contributed by atoms with van der Waals surface area (Å²) >= 11 is 3.42. The van der Waals surface area contributed by atoms with E-state index in [2.05, 4.69) is 21.2 Å². The van der Waals surface area contributed by atoms with Gasteiger partial charge in [-0.15, -0.1) is 0 Å². The first-order valence-corrected chi connectivity index (χ1v) is 7.46. The predicted molar refractivity (Wildman–Crippen MR) is 83.7 cm³/mol. The highest BCUT2D eigenvalue weighted by Crippen LogP contribution is 2.36. The van der Waals surface area contributed by atoms with E-state index in [9.17, 15) is 4.79 Å². The Morgan fingerprint density at radius 2 is 2.00 bits per heavy atom. The molecule has 0 fully saturated rings. The quantitative estimate of drug-likeness (QED) is 0.854. The number of amides is 1. The van der Waals surface area contributed by atoms with Crippen molar-refractivity contribution in [1.29, 1.82) is 0 Å². The minimum absolute atomic E-state index is 0.126. The number of ether oxygens (including phenoxy) is 2. The molecular weight excluding hydrogens is 322 g/mol. The zero-order valence-electron chi connectivity index (χ0n) is 12.7. The second-order valence-corrected chi connectivity index (χ2v) is 5.97. The average molecular weight is 344 g/mol. The highest BCUT2D eigenvalue weighted by Gasteiger charge is 2.21. The molecule has 0 bridgehead atoms. The lowest BCUT2D eigenvalue weighted by atomic mass is 10.0. The van der Waals surface area contributed by atoms with E-state index in [0.29, 0.717) is 28.1 Å². The fourth-order valence-electron chi connectivity index (χ4n) is 1.60. The highest BCUT2D eigenvalue weighted by molar-refractivity contribution is 9.10. The van der Waals surface area contributed by atoms with Crippen molar-refractivity contribution < 1.29 is 14.3 Å². The van der Waals surface area contributed by atoms with Gasteiger partial charge in [0, 0.05) is 11.1 Å². The van der Waals surface area contributed by atoms with E-state index in [-0.39, 0.29) is 11.4 Å². The van der Waals surface area contributed by atoms with Crippen LogP contribution in [0.2, 0.25) is 0 Å². The summed E-state index contributed by atoms with van der Waals surface area (Å²) in [5.74, 6) is 1.03. The summed E-state index contributed by atoms with van der Waals surface area (Å²) < 4.78 is 11.5. The molecule has 1 aromatic carbocycles. The SMILES string of the molecule is CCOc1c(Br)cc(C(=O)NC(C)(C)CC)cc1OC. The Hall–Kier alpha value is -1.23. The van der Waals surface area contributed by atoms with E-state index >= 15 is 0 Å². The van der Waals surface area contributed by atoms with Crippen LogP contribution in [0.25, 0.3) is 0 Å². The molecule has 112 valence electrons. The van der Waals surface area contributed by atoms with Crippen LogP contribution in [0.15, 0.2) is 16.6 Å². The van der Waals surface area contributed by atoms with Gasteiger partial charge in [-0.1, -0.05) is 6.92 Å². The Labute approximate surface area is 129 Å². The van der Waals surface area contributed by atoms with E-state index in [4.69, 9.17) is 9.47 Å². The van der Waals surface area contributed by atoms with Crippen molar-refractivity contribution in [1.82, 2.24) is 5.32 Å². The lowest BCUT2D eigenvalue weighted by Crippen LogP contribution is -2.42. The molecule has 0 heterocycles. The van der Waals surface area contributed by atoms with Crippen molar-refractivity contribution in [2.75, 3.05) is 13.7 Å². The molecule has 0 saturated heterocycles. The fourth-order valence-corrected chi connectivity index (χ4v) is 2.16. The zero-order chi connectivity index (χ0) is 15.3. The summed E-state index contributed by atoms with van der Waals surface area (Å²) in [6, 6.07) is 3.44. The summed E-state index contributed by atoms with van der Waals surface area (Å²) in [6.45, 7) is 8.45. The molecule has 0 spiro atoms. The van der Waals surface area contributed by atoms with Crippen molar-refractivity contribution in [3.8, 4) is 11.5 Å². The molecule has 4 nitrogen and oxygen atoms in total. The van der Waals surface area contributed by atoms with Crippen molar-refractivity contribution in [2.24, 2.45) is 0 Å². The molecule has 5 heteroatoms. The topological polar surface area (TPSA) is 47.6 Å². The van der Waals surface area contributed by atoms with E-state index in [0.717, 1.165) is 6.42 Å². The van der Waals surface area contributed by atoms with Gasteiger partial charge in [0.25, 0.3) is 5.91 Å². The van der Waals surface area contributed by atoms with Gasteiger partial charge >= 0.3 is 0 Å². The van der Waals surface area contributed by atoms with Crippen molar-refractivity contribution in [2.45, 2.75) is 39.7 Å². The molecule has 1 amide bonds. The van der Waals surface area contributed by atoms with Crippen LogP contribution >= 0.6 is 15.9 Å². The minimum Gasteiger partial charge on any atom is -0.493 e. The summed E-state index contributed by atoms with van der Waals surface area (Å²) in [4.78, 5) is 12.3. The minimum atomic E-state index is -0.241. The van der Waals surface area contributed by atoms with Crippen LogP contribution < -0.4 is 14.8 Å². The number of halogens is 1. The number of carbonyl (C=O) groups excluding carboxylic acids is 1. The predicted octanol–water partition coefficient (Wildman–Crippen LogP) is 3.77. The van der Waals surface area contributed by atoms with Crippen LogP contribution in [0.4, 0.5) is 0 Å². The lowest BCUT2D eigenvalue weighted by molar-refractivity contribution is 0.0910. The Morgan fingerprint density at radius 1 is 1.35 bits per heavy atom. The monoisotopic (exact) mass is 343 g/mol. The second-order valence-electron chi connectivity index (χ2n) is 5.11. The van der Waals surface area contributed by atoms with Crippen molar-refractivity contribution >= 4 is 21.8 Å². The maximum absolute atomic E-state index is 12.3. The lowest BCUT2D eigenvalue weighted by Gasteiger charge is -2.24. The van der Waals surface area contributed by atoms with E-state index in [1.54, 1.807) is 19.2 Å². The van der Waals surface area contributed by atoms with E-state index in [1.807, 2.05) is 27.7 Å². The largest absolute Gasteiger partial charge is 0.493 e. The normalized spacial score (nSPS) is 11.1. The van der Waals surface area contributed by atoms with Gasteiger partial charge in [-0.2, -0.15) is 0 Å². The molecule has 0 unspecified atom stereocenters. The third-order valence-electron chi connectivity index (χ3n) is 3.12. The molecule has 1 rings (SSSR count). The smallest absolute Gasteiger partial charge is 0.251 e. The Morgan fingerprint density at radius 3 is 2.50 bits per heavy atom. The highest BCUT2D eigenvalue weighted by atomic mass is 79.9. The molecule has 0 aliphatic rings. The van der Waals surface area contributed by atoms with Gasteiger partial charge in [0.2, 0.25) is 0 Å². The number of hydrogen-bond acceptors (Lipinski definition) is 3. The van der Waals surface area contributed by atoms with Crippen LogP contribution in [-0.2, 0) is 0 Å². The third-order valence-corrected chi connectivity index (χ3v) is 3.71. The molecule has 0 aromatic heterocycles. The molecule has 1 aromatic rings. The first kappa shape index (κ1) is 16.8. The van der Waals surface area contributed by atoms with Crippen LogP contribution in [0.1, 0.15) is 44.5 Å². The molecule has 20 heavy (non-hydrogen) atoms. The zero-order valence-corrected chi connectivity index (χ0v) is 14.3. The average Bonchev–Trinajstić information content (AvgIpc) is 2.40. The standard InChI is InChI=1S/C15H22BrNO3/c1-6-15(3,4)17-14(18)10-8-11(16)13(20-7-2)12(9-10)19-5/h8-9H,6-7H2,1-5H3,(H,17,18). The van der Waals surface area contributed by atoms with Crippen LogP contribution in [0, 0.1) is 0 Å². The van der Waals surface area contributed by atoms with Crippen LogP contribution in [0.3, 0.4) is 0 Å². The van der Waals surface area contributed by atoms with Gasteiger partial charge in [-0.05, 0) is 55.3 Å². The van der Waals surface area contributed by atoms with Gasteiger partial charge in [-0.25, -0.2) is 0 Å². The summed E-state index contributed by atoms with van der Waals surface area (Å²) in [5, 5.41) is 3.00. The first-order chi connectivity index (χ1) is 9.34. The molecule has 0 aliphatic heterocycles. The second kappa shape index (κ2) is 6.97. The summed E-state index contributed by atoms with van der Waals surface area (Å²) in [7, 11) is 1.56. The molecule has 0 saturated carbocycles. The van der Waals surface area contributed by atoms with Gasteiger partial charge in [-0.3, -0.25) is 4.79 Å². The van der Waals surface area contributed by atoms with Gasteiger partial charge < -0.3 is 14.8 Å². The van der Waals surface area contributed by atoms with Crippen molar-refractivity contribution in [3.05, 3.63) is 22.2 Å². The molecule has 0 radical (unpaired) electrons. The van der Waals surface area contributed by atoms with Gasteiger partial charge in [0.15, 0.2) is 11.5 Å². The number of benzene rings is 1. The van der Waals surface area contributed by atoms with Gasteiger partial charge in [0.05, 0.1) is 18.2 Å². The number of hydrogen-bond donors (Lipinski definition) is 1. The molecule has 0 atom stereocenters. The molecule has 1 N–H and O–H groups in total. The Balaban J connectivity index is 3.08. The maximum Gasteiger partial charge on any atom is 0.251 e. The van der Waals surface area contributed by atoms with Crippen molar-refractivity contribution in [3.63, 3.8) is 0 Å². The van der Waals surface area contributed by atoms with E-state index < -0.39 is 0 Å². The fraction of sp³-hybridized carbons (Fsp3) is 0.533. The first-order valence-electron chi connectivity index (χ1n) is 6.67. The van der Waals surface area contributed by atoms with E-state index in [1.165, 1.54) is 0 Å². The Bertz CT molecular complexity index is 486. The number of methoxy groups -OCH3 is 1. The number of nitrogens with one attached hydrogen (secondary N) is 1. The summed E-state index contributed by atoms with van der Waals surface area (Å²) in [5.41, 5.74) is 0.300. The Kier molecular flexibility index (Phi) is 5.87. The molecular formula is C15H22BrNO3. The van der Waals surface area contributed by atoms with Crippen LogP contribution in [0.5, 0.6) is 11.5 Å². The number of carbonyl (C=O) groups is 1. The third kappa shape index (κ3) is 4.13. The number of rotatable bonds is 6. The van der Waals surface area contributed by atoms with Gasteiger partial charge in [0.1, 0.15) is 0 Å². The molecule has 0 aliphatic carbocycles. The van der Waals surface area contributed by atoms with Crippen LogP contribution in [-0.4, -0.2) is 25.2 Å². The summed E-state index contributed by atoms with van der Waals surface area (Å²) in [6.07, 6.45) is 0.855.